The van der Waals surface area contributed by atoms with E-state index in [2.05, 4.69) is 5.32 Å². The maximum Gasteiger partial charge on any atom is 0.126 e. The van der Waals surface area contributed by atoms with E-state index in [0.29, 0.717) is 30.2 Å². The van der Waals surface area contributed by atoms with Crippen LogP contribution < -0.4 is 5.32 Å². The molecule has 0 saturated carbocycles. The van der Waals surface area contributed by atoms with Gasteiger partial charge in [0.1, 0.15) is 11.6 Å². The molecule has 0 aliphatic rings. The molecule has 0 heterocycles. The summed E-state index contributed by atoms with van der Waals surface area (Å²) in [6.07, 6.45) is 0. The summed E-state index contributed by atoms with van der Waals surface area (Å²) in [5.74, 6) is 0.0489. The van der Waals surface area contributed by atoms with E-state index < -0.39 is 22.4 Å². The van der Waals surface area contributed by atoms with E-state index in [-0.39, 0.29) is 0 Å². The molecule has 1 aromatic carbocycles. The third kappa shape index (κ3) is 4.81. The molecule has 0 bridgehead atoms. The lowest BCUT2D eigenvalue weighted by Crippen LogP contribution is -2.20. The maximum absolute atomic E-state index is 12.8. The molecule has 5 heteroatoms. The smallest absolute Gasteiger partial charge is 0.126 e. The lowest BCUT2D eigenvalue weighted by atomic mass is 10.2. The number of hydrogen-bond donors (Lipinski definition) is 1. The minimum atomic E-state index is -0.804. The molecule has 2 nitrogen and oxygen atoms in total. The summed E-state index contributed by atoms with van der Waals surface area (Å²) in [6.45, 7) is 2.83. The fourth-order valence-corrected chi connectivity index (χ4v) is 1.94. The highest BCUT2D eigenvalue weighted by molar-refractivity contribution is 7.84. The van der Waals surface area contributed by atoms with Crippen molar-refractivity contribution in [3.8, 4) is 0 Å². The monoisotopic (exact) mass is 247 g/mol. The summed E-state index contributed by atoms with van der Waals surface area (Å²) in [6, 6.07) is 3.41. The zero-order chi connectivity index (χ0) is 12.0. The van der Waals surface area contributed by atoms with Crippen LogP contribution in [0.15, 0.2) is 18.2 Å². The highest BCUT2D eigenvalue weighted by Crippen LogP contribution is 2.07. The van der Waals surface area contributed by atoms with Gasteiger partial charge in [0.25, 0.3) is 0 Å². The van der Waals surface area contributed by atoms with Gasteiger partial charge in [-0.05, 0) is 17.7 Å². The molecule has 0 aliphatic carbocycles. The van der Waals surface area contributed by atoms with Crippen LogP contribution in [-0.4, -0.2) is 22.3 Å². The number of rotatable bonds is 6. The number of benzene rings is 1. The van der Waals surface area contributed by atoms with Crippen LogP contribution in [0.5, 0.6) is 0 Å². The first kappa shape index (κ1) is 13.3. The zero-order valence-electron chi connectivity index (χ0n) is 9.13. The molecule has 0 radical (unpaired) electrons. The Morgan fingerprint density at radius 2 is 1.88 bits per heavy atom. The fourth-order valence-electron chi connectivity index (χ4n) is 1.28. The van der Waals surface area contributed by atoms with Crippen molar-refractivity contribution >= 4 is 10.8 Å². The van der Waals surface area contributed by atoms with Crippen molar-refractivity contribution in [2.45, 2.75) is 13.5 Å². The van der Waals surface area contributed by atoms with Crippen LogP contribution in [0.1, 0.15) is 12.5 Å². The highest BCUT2D eigenvalue weighted by Gasteiger charge is 2.00. The van der Waals surface area contributed by atoms with Gasteiger partial charge < -0.3 is 5.32 Å². The van der Waals surface area contributed by atoms with Crippen molar-refractivity contribution in [1.82, 2.24) is 5.32 Å². The Balaban J connectivity index is 2.34. The number of hydrogen-bond acceptors (Lipinski definition) is 2. The molecule has 16 heavy (non-hydrogen) atoms. The minimum absolute atomic E-state index is 0.385. The second-order valence-corrected chi connectivity index (χ2v) is 5.25. The first-order chi connectivity index (χ1) is 7.61. The second-order valence-electron chi connectivity index (χ2n) is 3.39. The summed E-state index contributed by atoms with van der Waals surface area (Å²) in [4.78, 5) is 0. The van der Waals surface area contributed by atoms with Gasteiger partial charge in [-0.15, -0.1) is 0 Å². The standard InChI is InChI=1S/C11H15F2NOS/c1-2-16(15)4-3-14-8-9-5-10(12)7-11(13)6-9/h5-7,14H,2-4,8H2,1H3. The average Bonchev–Trinajstić information content (AvgIpc) is 2.22. The topological polar surface area (TPSA) is 29.1 Å². The first-order valence-corrected chi connectivity index (χ1v) is 6.61. The second kappa shape index (κ2) is 6.70. The lowest BCUT2D eigenvalue weighted by Gasteiger charge is -2.04. The van der Waals surface area contributed by atoms with E-state index in [4.69, 9.17) is 0 Å². The van der Waals surface area contributed by atoms with Gasteiger partial charge in [0.2, 0.25) is 0 Å². The Bertz CT molecular complexity index is 351. The van der Waals surface area contributed by atoms with Crippen molar-refractivity contribution in [3.05, 3.63) is 35.4 Å². The Labute approximate surface area is 96.5 Å². The van der Waals surface area contributed by atoms with E-state index in [9.17, 15) is 13.0 Å². The summed E-state index contributed by atoms with van der Waals surface area (Å²) in [5, 5.41) is 2.99. The van der Waals surface area contributed by atoms with Crippen molar-refractivity contribution in [3.63, 3.8) is 0 Å². The van der Waals surface area contributed by atoms with Gasteiger partial charge in [0, 0.05) is 41.5 Å². The molecular weight excluding hydrogens is 232 g/mol. The van der Waals surface area contributed by atoms with E-state index in [1.165, 1.54) is 12.1 Å². The van der Waals surface area contributed by atoms with Crippen molar-refractivity contribution in [2.75, 3.05) is 18.1 Å². The SMILES string of the molecule is CCS(=O)CCNCc1cc(F)cc(F)c1. The Hall–Kier alpha value is -0.810. The van der Waals surface area contributed by atoms with Crippen LogP contribution in [0, 0.1) is 11.6 Å². The van der Waals surface area contributed by atoms with Crippen LogP contribution in [0.4, 0.5) is 8.78 Å². The van der Waals surface area contributed by atoms with Crippen LogP contribution in [0.3, 0.4) is 0 Å². The lowest BCUT2D eigenvalue weighted by molar-refractivity contribution is 0.576. The van der Waals surface area contributed by atoms with Gasteiger partial charge >= 0.3 is 0 Å². The Morgan fingerprint density at radius 3 is 2.44 bits per heavy atom. The predicted molar refractivity (Wildman–Crippen MR) is 61.6 cm³/mol. The van der Waals surface area contributed by atoms with Gasteiger partial charge in [0.15, 0.2) is 0 Å². The van der Waals surface area contributed by atoms with E-state index in [0.717, 1.165) is 6.07 Å². The average molecular weight is 247 g/mol. The predicted octanol–water partition coefficient (Wildman–Crippen LogP) is 1.82. The van der Waals surface area contributed by atoms with Crippen molar-refractivity contribution in [1.29, 1.82) is 0 Å². The molecule has 1 N–H and O–H groups in total. The number of halogens is 2. The number of nitrogens with one attached hydrogen (secondary N) is 1. The molecule has 1 rings (SSSR count). The van der Waals surface area contributed by atoms with Crippen molar-refractivity contribution < 1.29 is 13.0 Å². The summed E-state index contributed by atoms with van der Waals surface area (Å²) in [5.41, 5.74) is 0.555. The maximum atomic E-state index is 12.8. The Kier molecular flexibility index (Phi) is 5.55. The summed E-state index contributed by atoms with van der Waals surface area (Å²) < 4.78 is 36.7. The van der Waals surface area contributed by atoms with E-state index in [1.54, 1.807) is 0 Å². The molecule has 0 spiro atoms. The van der Waals surface area contributed by atoms with Crippen LogP contribution in [0.25, 0.3) is 0 Å². The van der Waals surface area contributed by atoms with Gasteiger partial charge in [-0.3, -0.25) is 4.21 Å². The zero-order valence-corrected chi connectivity index (χ0v) is 9.95. The van der Waals surface area contributed by atoms with E-state index in [1.807, 2.05) is 6.92 Å². The third-order valence-corrected chi connectivity index (χ3v) is 3.38. The molecule has 1 unspecified atom stereocenters. The van der Waals surface area contributed by atoms with Gasteiger partial charge in [0.05, 0.1) is 0 Å². The summed E-state index contributed by atoms with van der Waals surface area (Å²) in [7, 11) is -0.804. The normalized spacial score (nSPS) is 12.7. The third-order valence-electron chi connectivity index (χ3n) is 2.08. The largest absolute Gasteiger partial charge is 0.312 e. The molecule has 1 atom stereocenters. The van der Waals surface area contributed by atoms with Crippen LogP contribution in [0.2, 0.25) is 0 Å². The quantitative estimate of drug-likeness (QED) is 0.777. The fraction of sp³-hybridized carbons (Fsp3) is 0.455. The first-order valence-electron chi connectivity index (χ1n) is 5.12. The molecule has 0 aromatic heterocycles. The van der Waals surface area contributed by atoms with Gasteiger partial charge in [-0.25, -0.2) is 8.78 Å². The Morgan fingerprint density at radius 1 is 1.25 bits per heavy atom. The molecule has 0 fully saturated rings. The molecule has 0 amide bonds. The van der Waals surface area contributed by atoms with Crippen molar-refractivity contribution in [2.24, 2.45) is 0 Å². The van der Waals surface area contributed by atoms with Gasteiger partial charge in [-0.2, -0.15) is 0 Å². The molecular formula is C11H15F2NOS. The minimum Gasteiger partial charge on any atom is -0.312 e. The van der Waals surface area contributed by atoms with E-state index >= 15 is 0 Å². The van der Waals surface area contributed by atoms with Crippen LogP contribution >= 0.6 is 0 Å². The molecule has 1 aromatic rings. The molecule has 0 aliphatic heterocycles. The molecule has 90 valence electrons. The van der Waals surface area contributed by atoms with Crippen LogP contribution in [-0.2, 0) is 17.3 Å². The van der Waals surface area contributed by atoms with Gasteiger partial charge in [-0.1, -0.05) is 6.92 Å². The molecule has 0 saturated heterocycles. The summed E-state index contributed by atoms with van der Waals surface area (Å²) >= 11 is 0. The highest BCUT2D eigenvalue weighted by atomic mass is 32.2.